The highest BCUT2D eigenvalue weighted by Crippen LogP contribution is 2.52. The van der Waals surface area contributed by atoms with Crippen molar-refractivity contribution in [1.29, 1.82) is 0 Å². The van der Waals surface area contributed by atoms with Crippen LogP contribution in [0, 0.1) is 17.8 Å². The summed E-state index contributed by atoms with van der Waals surface area (Å²) in [6.45, 7) is 9.63. The predicted octanol–water partition coefficient (Wildman–Crippen LogP) is 1.18. The summed E-state index contributed by atoms with van der Waals surface area (Å²) in [6, 6.07) is 0. The van der Waals surface area contributed by atoms with E-state index in [-0.39, 0.29) is 29.8 Å². The number of carbonyl (C=O) groups is 1. The summed E-state index contributed by atoms with van der Waals surface area (Å²) >= 11 is 0. The third-order valence-electron chi connectivity index (χ3n) is 5.13. The second-order valence-electron chi connectivity index (χ2n) is 6.43. The van der Waals surface area contributed by atoms with E-state index in [4.69, 9.17) is 4.74 Å². The molecule has 0 bridgehead atoms. The van der Waals surface area contributed by atoms with E-state index in [0.717, 1.165) is 5.57 Å². The zero-order chi connectivity index (χ0) is 13.9. The lowest BCUT2D eigenvalue weighted by Gasteiger charge is -2.29. The van der Waals surface area contributed by atoms with E-state index >= 15 is 0 Å². The SMILES string of the molecule is C=C1C(=O)OC2CC(=C)C3C(O)CC(C)(O)C3CC12. The highest BCUT2D eigenvalue weighted by Gasteiger charge is 2.55. The van der Waals surface area contributed by atoms with Gasteiger partial charge in [-0.1, -0.05) is 18.7 Å². The van der Waals surface area contributed by atoms with Gasteiger partial charge in [0.1, 0.15) is 6.10 Å². The van der Waals surface area contributed by atoms with Crippen molar-refractivity contribution >= 4 is 5.97 Å². The summed E-state index contributed by atoms with van der Waals surface area (Å²) in [5, 5.41) is 20.7. The van der Waals surface area contributed by atoms with E-state index in [2.05, 4.69) is 13.2 Å². The molecule has 19 heavy (non-hydrogen) atoms. The number of ether oxygens (including phenoxy) is 1. The molecule has 3 fully saturated rings. The van der Waals surface area contributed by atoms with Crippen LogP contribution in [0.5, 0.6) is 0 Å². The Labute approximate surface area is 112 Å². The number of rotatable bonds is 0. The van der Waals surface area contributed by atoms with Gasteiger partial charge in [0.2, 0.25) is 0 Å². The summed E-state index contributed by atoms with van der Waals surface area (Å²) in [5.74, 6) is -0.584. The molecule has 104 valence electrons. The minimum Gasteiger partial charge on any atom is -0.458 e. The third-order valence-corrected chi connectivity index (χ3v) is 5.13. The van der Waals surface area contributed by atoms with Gasteiger partial charge in [0, 0.05) is 30.3 Å². The fraction of sp³-hybridized carbons (Fsp3) is 0.667. The molecule has 3 rings (SSSR count). The van der Waals surface area contributed by atoms with Gasteiger partial charge in [-0.3, -0.25) is 0 Å². The maximum absolute atomic E-state index is 11.6. The molecule has 4 nitrogen and oxygen atoms in total. The minimum absolute atomic E-state index is 0.0592. The van der Waals surface area contributed by atoms with E-state index in [1.54, 1.807) is 6.92 Å². The average molecular weight is 264 g/mol. The Kier molecular flexibility index (Phi) is 2.67. The first-order valence-electron chi connectivity index (χ1n) is 6.79. The quantitative estimate of drug-likeness (QED) is 0.392. The number of hydrogen-bond acceptors (Lipinski definition) is 4. The number of hydrogen-bond donors (Lipinski definition) is 2. The maximum Gasteiger partial charge on any atom is 0.334 e. The van der Waals surface area contributed by atoms with Crippen LogP contribution in [0.25, 0.3) is 0 Å². The topological polar surface area (TPSA) is 66.8 Å². The second-order valence-corrected chi connectivity index (χ2v) is 6.43. The van der Waals surface area contributed by atoms with Crippen LogP contribution in [-0.2, 0) is 9.53 Å². The largest absolute Gasteiger partial charge is 0.458 e. The number of aliphatic hydroxyl groups is 2. The van der Waals surface area contributed by atoms with Crippen LogP contribution >= 0.6 is 0 Å². The Bertz CT molecular complexity index is 465. The lowest BCUT2D eigenvalue weighted by molar-refractivity contribution is -0.139. The first-order chi connectivity index (χ1) is 8.81. The number of esters is 1. The standard InChI is InChI=1S/C15H20O4/c1-7-4-12-9(8(2)14(17)19-12)5-10-13(7)11(16)6-15(10,3)18/h9-13,16,18H,1-2,4-6H2,3H3. The molecule has 1 heterocycles. The van der Waals surface area contributed by atoms with Crippen LogP contribution in [0.15, 0.2) is 24.3 Å². The molecule has 2 aliphatic carbocycles. The molecule has 0 radical (unpaired) electrons. The normalized spacial score (nSPS) is 49.6. The monoisotopic (exact) mass is 264 g/mol. The lowest BCUT2D eigenvalue weighted by atomic mass is 9.78. The van der Waals surface area contributed by atoms with Crippen LogP contribution < -0.4 is 0 Å². The van der Waals surface area contributed by atoms with Crippen molar-refractivity contribution in [2.45, 2.75) is 44.0 Å². The van der Waals surface area contributed by atoms with Crippen molar-refractivity contribution in [2.75, 3.05) is 0 Å². The van der Waals surface area contributed by atoms with Gasteiger partial charge >= 0.3 is 5.97 Å². The van der Waals surface area contributed by atoms with Gasteiger partial charge in [0.05, 0.1) is 11.7 Å². The Morgan fingerprint density at radius 3 is 2.79 bits per heavy atom. The zero-order valence-electron chi connectivity index (χ0n) is 11.1. The van der Waals surface area contributed by atoms with Gasteiger partial charge in [-0.05, 0) is 19.3 Å². The van der Waals surface area contributed by atoms with Crippen molar-refractivity contribution in [3.63, 3.8) is 0 Å². The van der Waals surface area contributed by atoms with E-state index in [1.165, 1.54) is 0 Å². The first kappa shape index (κ1) is 12.9. The Hall–Kier alpha value is -1.13. The molecule has 0 aromatic heterocycles. The molecule has 0 aromatic carbocycles. The third kappa shape index (κ3) is 1.77. The van der Waals surface area contributed by atoms with Crippen LogP contribution in [0.2, 0.25) is 0 Å². The fourth-order valence-corrected chi connectivity index (χ4v) is 4.13. The second kappa shape index (κ2) is 3.93. The molecule has 0 amide bonds. The van der Waals surface area contributed by atoms with E-state index < -0.39 is 11.7 Å². The molecule has 1 aliphatic heterocycles. The van der Waals surface area contributed by atoms with Crippen LogP contribution in [0.3, 0.4) is 0 Å². The highest BCUT2D eigenvalue weighted by atomic mass is 16.6. The molecule has 6 atom stereocenters. The molecule has 2 N–H and O–H groups in total. The molecular formula is C15H20O4. The molecule has 1 saturated heterocycles. The summed E-state index contributed by atoms with van der Waals surface area (Å²) in [6.07, 6.45) is 0.767. The lowest BCUT2D eigenvalue weighted by Crippen LogP contribution is -2.33. The molecule has 0 spiro atoms. The molecule has 0 aromatic rings. The van der Waals surface area contributed by atoms with Crippen LogP contribution in [0.4, 0.5) is 0 Å². The Morgan fingerprint density at radius 1 is 1.42 bits per heavy atom. The van der Waals surface area contributed by atoms with Crippen molar-refractivity contribution in [3.8, 4) is 0 Å². The van der Waals surface area contributed by atoms with Gasteiger partial charge in [0.25, 0.3) is 0 Å². The van der Waals surface area contributed by atoms with Gasteiger partial charge in [-0.25, -0.2) is 4.79 Å². The van der Waals surface area contributed by atoms with Crippen molar-refractivity contribution < 1.29 is 19.7 Å². The van der Waals surface area contributed by atoms with Crippen LogP contribution in [-0.4, -0.2) is 34.0 Å². The Balaban J connectivity index is 1.97. The van der Waals surface area contributed by atoms with Crippen molar-refractivity contribution in [3.05, 3.63) is 24.3 Å². The number of carbonyl (C=O) groups excluding carboxylic acids is 1. The predicted molar refractivity (Wildman–Crippen MR) is 69.1 cm³/mol. The summed E-state index contributed by atoms with van der Waals surface area (Å²) in [4.78, 5) is 11.6. The molecule has 4 heteroatoms. The number of aliphatic hydroxyl groups excluding tert-OH is 1. The van der Waals surface area contributed by atoms with Gasteiger partial charge in [-0.15, -0.1) is 0 Å². The summed E-state index contributed by atoms with van der Waals surface area (Å²) in [5.41, 5.74) is 0.453. The Morgan fingerprint density at radius 2 is 2.11 bits per heavy atom. The number of fused-ring (bicyclic) bond motifs is 2. The summed E-state index contributed by atoms with van der Waals surface area (Å²) in [7, 11) is 0. The van der Waals surface area contributed by atoms with E-state index in [0.29, 0.717) is 24.8 Å². The van der Waals surface area contributed by atoms with Crippen molar-refractivity contribution in [2.24, 2.45) is 17.8 Å². The van der Waals surface area contributed by atoms with Gasteiger partial charge in [0.15, 0.2) is 0 Å². The summed E-state index contributed by atoms with van der Waals surface area (Å²) < 4.78 is 5.33. The van der Waals surface area contributed by atoms with Gasteiger partial charge < -0.3 is 14.9 Å². The zero-order valence-corrected chi connectivity index (χ0v) is 11.1. The smallest absolute Gasteiger partial charge is 0.334 e. The average Bonchev–Trinajstić information content (AvgIpc) is 2.61. The van der Waals surface area contributed by atoms with Crippen molar-refractivity contribution in [1.82, 2.24) is 0 Å². The minimum atomic E-state index is -0.923. The highest BCUT2D eigenvalue weighted by molar-refractivity contribution is 5.90. The van der Waals surface area contributed by atoms with Gasteiger partial charge in [-0.2, -0.15) is 0 Å². The maximum atomic E-state index is 11.6. The van der Waals surface area contributed by atoms with E-state index in [1.807, 2.05) is 0 Å². The molecule has 3 aliphatic rings. The molecular weight excluding hydrogens is 244 g/mol. The van der Waals surface area contributed by atoms with E-state index in [9.17, 15) is 15.0 Å². The fourth-order valence-electron chi connectivity index (χ4n) is 4.13. The molecule has 6 unspecified atom stereocenters. The first-order valence-corrected chi connectivity index (χ1v) is 6.79. The van der Waals surface area contributed by atoms with Crippen LogP contribution in [0.1, 0.15) is 26.2 Å². The molecule has 2 saturated carbocycles.